The van der Waals surface area contributed by atoms with E-state index >= 15 is 0 Å². The van der Waals surface area contributed by atoms with Gasteiger partial charge in [-0.05, 0) is 42.7 Å². The van der Waals surface area contributed by atoms with Gasteiger partial charge in [-0.2, -0.15) is 0 Å². The number of halogens is 2. The molecular formula is C13H11BrClN. The molecule has 0 spiro atoms. The number of rotatable bonds is 3. The monoisotopic (exact) mass is 295 g/mol. The highest BCUT2D eigenvalue weighted by atomic mass is 79.9. The number of aromatic nitrogens is 1. The molecule has 0 aliphatic rings. The van der Waals surface area contributed by atoms with Crippen LogP contribution in [0.4, 0.5) is 0 Å². The number of nitrogens with zero attached hydrogens (tertiary/aromatic N) is 1. The maximum atomic E-state index is 5.93. The van der Waals surface area contributed by atoms with Gasteiger partial charge in [-0.1, -0.05) is 39.7 Å². The molecule has 1 nitrogen and oxygen atoms in total. The number of hydrogen-bond donors (Lipinski definition) is 0. The molecule has 0 saturated carbocycles. The van der Waals surface area contributed by atoms with Crippen LogP contribution in [-0.2, 0) is 12.8 Å². The van der Waals surface area contributed by atoms with E-state index in [1.165, 1.54) is 5.56 Å². The zero-order chi connectivity index (χ0) is 11.4. The summed E-state index contributed by atoms with van der Waals surface area (Å²) < 4.78 is 1.07. The molecule has 2 rings (SSSR count). The van der Waals surface area contributed by atoms with Gasteiger partial charge in [0.25, 0.3) is 0 Å². The molecular weight excluding hydrogens is 286 g/mol. The first-order valence-electron chi connectivity index (χ1n) is 5.09. The van der Waals surface area contributed by atoms with E-state index in [1.807, 2.05) is 36.5 Å². The normalized spacial score (nSPS) is 10.4. The Morgan fingerprint density at radius 2 is 2.00 bits per heavy atom. The molecule has 0 atom stereocenters. The van der Waals surface area contributed by atoms with Crippen molar-refractivity contribution in [2.24, 2.45) is 0 Å². The Labute approximate surface area is 109 Å². The van der Waals surface area contributed by atoms with E-state index in [-0.39, 0.29) is 0 Å². The third kappa shape index (κ3) is 3.32. The van der Waals surface area contributed by atoms with Gasteiger partial charge in [-0.3, -0.25) is 4.98 Å². The van der Waals surface area contributed by atoms with E-state index in [0.29, 0.717) is 0 Å². The molecule has 0 bridgehead atoms. The van der Waals surface area contributed by atoms with Crippen LogP contribution < -0.4 is 0 Å². The minimum atomic E-state index is 0.791. The van der Waals surface area contributed by atoms with Gasteiger partial charge in [-0.25, -0.2) is 0 Å². The van der Waals surface area contributed by atoms with Crippen LogP contribution in [0.1, 0.15) is 11.3 Å². The van der Waals surface area contributed by atoms with Gasteiger partial charge in [-0.15, -0.1) is 0 Å². The molecule has 3 heteroatoms. The number of aryl methyl sites for hydroxylation is 2. The molecule has 1 aromatic heterocycles. The molecule has 0 radical (unpaired) electrons. The fourth-order valence-corrected chi connectivity index (χ4v) is 2.15. The largest absolute Gasteiger partial charge is 0.261 e. The number of hydrogen-bond acceptors (Lipinski definition) is 1. The Bertz CT molecular complexity index is 439. The fourth-order valence-electron chi connectivity index (χ4n) is 1.55. The van der Waals surface area contributed by atoms with Crippen LogP contribution in [-0.4, -0.2) is 4.98 Å². The van der Waals surface area contributed by atoms with Crippen molar-refractivity contribution in [1.29, 1.82) is 0 Å². The molecule has 0 saturated heterocycles. The second-order valence-electron chi connectivity index (χ2n) is 3.60. The van der Waals surface area contributed by atoms with Crippen molar-refractivity contribution in [2.75, 3.05) is 0 Å². The number of pyridine rings is 1. The second kappa shape index (κ2) is 5.46. The van der Waals surface area contributed by atoms with Gasteiger partial charge < -0.3 is 0 Å². The van der Waals surface area contributed by atoms with Gasteiger partial charge in [0.05, 0.1) is 0 Å². The summed E-state index contributed by atoms with van der Waals surface area (Å²) in [6.45, 7) is 0. The lowest BCUT2D eigenvalue weighted by Gasteiger charge is -2.02. The Balaban J connectivity index is 2.02. The molecule has 2 aromatic rings. The lowest BCUT2D eigenvalue weighted by atomic mass is 10.1. The van der Waals surface area contributed by atoms with Crippen molar-refractivity contribution < 1.29 is 0 Å². The predicted molar refractivity (Wildman–Crippen MR) is 70.8 cm³/mol. The number of benzene rings is 1. The Morgan fingerprint density at radius 3 is 2.75 bits per heavy atom. The molecule has 0 aliphatic heterocycles. The average molecular weight is 297 g/mol. The van der Waals surface area contributed by atoms with Crippen molar-refractivity contribution in [3.63, 3.8) is 0 Å². The lowest BCUT2D eigenvalue weighted by Crippen LogP contribution is -1.93. The fraction of sp³-hybridized carbons (Fsp3) is 0.154. The molecule has 0 N–H and O–H groups in total. The summed E-state index contributed by atoms with van der Waals surface area (Å²) in [5, 5.41) is 0.791. The Kier molecular flexibility index (Phi) is 3.97. The second-order valence-corrected chi connectivity index (χ2v) is 4.95. The van der Waals surface area contributed by atoms with Crippen LogP contribution in [0.2, 0.25) is 5.02 Å². The van der Waals surface area contributed by atoms with Crippen molar-refractivity contribution in [3.8, 4) is 0 Å². The van der Waals surface area contributed by atoms with E-state index in [2.05, 4.69) is 27.0 Å². The van der Waals surface area contributed by atoms with Crippen molar-refractivity contribution in [3.05, 3.63) is 63.3 Å². The molecule has 0 amide bonds. The molecule has 0 unspecified atom stereocenters. The molecule has 0 aliphatic carbocycles. The summed E-state index contributed by atoms with van der Waals surface area (Å²) >= 11 is 9.37. The van der Waals surface area contributed by atoms with E-state index in [4.69, 9.17) is 11.6 Å². The SMILES string of the molecule is Clc1cccc(CCc2cc(Br)ccn2)c1. The first-order chi connectivity index (χ1) is 7.74. The summed E-state index contributed by atoms with van der Waals surface area (Å²) in [7, 11) is 0. The molecule has 1 aromatic carbocycles. The zero-order valence-electron chi connectivity index (χ0n) is 8.66. The van der Waals surface area contributed by atoms with Crippen LogP contribution in [0.15, 0.2) is 47.1 Å². The van der Waals surface area contributed by atoms with Crippen LogP contribution in [0.5, 0.6) is 0 Å². The summed E-state index contributed by atoms with van der Waals surface area (Å²) in [5.74, 6) is 0. The van der Waals surface area contributed by atoms with Gasteiger partial charge in [0.2, 0.25) is 0 Å². The highest BCUT2D eigenvalue weighted by Crippen LogP contribution is 2.14. The molecule has 82 valence electrons. The summed E-state index contributed by atoms with van der Waals surface area (Å²) in [5.41, 5.74) is 2.34. The predicted octanol–water partition coefficient (Wildman–Crippen LogP) is 4.28. The van der Waals surface area contributed by atoms with Gasteiger partial charge in [0, 0.05) is 21.4 Å². The van der Waals surface area contributed by atoms with Crippen molar-refractivity contribution >= 4 is 27.5 Å². The standard InChI is InChI=1S/C13H11BrClN/c14-11-6-7-16-13(9-11)5-4-10-2-1-3-12(15)8-10/h1-3,6-9H,4-5H2. The Hall–Kier alpha value is -0.860. The molecule has 16 heavy (non-hydrogen) atoms. The maximum absolute atomic E-state index is 5.93. The maximum Gasteiger partial charge on any atom is 0.0418 e. The Morgan fingerprint density at radius 1 is 1.12 bits per heavy atom. The summed E-state index contributed by atoms with van der Waals surface area (Å²) in [6.07, 6.45) is 3.71. The first-order valence-corrected chi connectivity index (χ1v) is 6.26. The highest BCUT2D eigenvalue weighted by Gasteiger charge is 1.98. The van der Waals surface area contributed by atoms with Crippen molar-refractivity contribution in [1.82, 2.24) is 4.98 Å². The van der Waals surface area contributed by atoms with Crippen LogP contribution in [0, 0.1) is 0 Å². The van der Waals surface area contributed by atoms with Gasteiger partial charge in [0.1, 0.15) is 0 Å². The third-order valence-corrected chi connectivity index (χ3v) is 3.07. The van der Waals surface area contributed by atoms with E-state index in [0.717, 1.165) is 28.0 Å². The quantitative estimate of drug-likeness (QED) is 0.823. The first kappa shape index (κ1) is 11.6. The minimum Gasteiger partial charge on any atom is -0.261 e. The average Bonchev–Trinajstić information content (AvgIpc) is 2.27. The molecule has 0 fully saturated rings. The highest BCUT2D eigenvalue weighted by molar-refractivity contribution is 9.10. The van der Waals surface area contributed by atoms with E-state index in [9.17, 15) is 0 Å². The van der Waals surface area contributed by atoms with Gasteiger partial charge >= 0.3 is 0 Å². The smallest absolute Gasteiger partial charge is 0.0418 e. The van der Waals surface area contributed by atoms with Crippen LogP contribution in [0.3, 0.4) is 0 Å². The zero-order valence-corrected chi connectivity index (χ0v) is 11.0. The topological polar surface area (TPSA) is 12.9 Å². The van der Waals surface area contributed by atoms with Gasteiger partial charge in [0.15, 0.2) is 0 Å². The van der Waals surface area contributed by atoms with Crippen LogP contribution in [0.25, 0.3) is 0 Å². The third-order valence-electron chi connectivity index (χ3n) is 2.34. The lowest BCUT2D eigenvalue weighted by molar-refractivity contribution is 0.912. The van der Waals surface area contributed by atoms with Crippen molar-refractivity contribution in [2.45, 2.75) is 12.8 Å². The summed E-state index contributed by atoms with van der Waals surface area (Å²) in [4.78, 5) is 4.31. The van der Waals surface area contributed by atoms with E-state index in [1.54, 1.807) is 0 Å². The molecule has 1 heterocycles. The van der Waals surface area contributed by atoms with Crippen LogP contribution >= 0.6 is 27.5 Å². The minimum absolute atomic E-state index is 0.791. The summed E-state index contributed by atoms with van der Waals surface area (Å²) in [6, 6.07) is 11.9. The van der Waals surface area contributed by atoms with E-state index < -0.39 is 0 Å².